The fraction of sp³-hybridized carbons (Fsp3) is 0.458. The minimum Gasteiger partial charge on any atom is -0.480 e. The Morgan fingerprint density at radius 1 is 1.05 bits per heavy atom. The number of hydrogen-bond acceptors (Lipinski definition) is 9. The van der Waals surface area contributed by atoms with Crippen LogP contribution in [0.3, 0.4) is 0 Å². The zero-order valence-electron chi connectivity index (χ0n) is 22.0. The second-order valence-electron chi connectivity index (χ2n) is 9.06. The predicted molar refractivity (Wildman–Crippen MR) is 138 cm³/mol. The molecule has 0 fully saturated rings. The number of nitrogens with one attached hydrogen (secondary N) is 5. The van der Waals surface area contributed by atoms with E-state index in [1.54, 1.807) is 7.05 Å². The number of benzene rings is 1. The van der Waals surface area contributed by atoms with Crippen LogP contribution in [0.25, 0.3) is 0 Å². The molecule has 0 aliphatic rings. The van der Waals surface area contributed by atoms with E-state index in [9.17, 15) is 29.1 Å². The summed E-state index contributed by atoms with van der Waals surface area (Å²) in [4.78, 5) is 60.5. The Bertz CT molecular complexity index is 1180. The molecule has 2 rings (SSSR count). The molecule has 4 amide bonds. The second kappa shape index (κ2) is 15.1. The first-order valence-electron chi connectivity index (χ1n) is 12.2. The molecule has 1 atom stereocenters. The molecule has 0 bridgehead atoms. The first-order chi connectivity index (χ1) is 18.5. The van der Waals surface area contributed by atoms with Gasteiger partial charge in [-0.15, -0.1) is 5.10 Å². The molecule has 15 heteroatoms. The van der Waals surface area contributed by atoms with Crippen LogP contribution in [0, 0.1) is 5.92 Å². The molecule has 1 unspecified atom stereocenters. The lowest BCUT2D eigenvalue weighted by atomic mass is 10.0. The van der Waals surface area contributed by atoms with Gasteiger partial charge in [-0.3, -0.25) is 24.0 Å². The zero-order valence-corrected chi connectivity index (χ0v) is 22.0. The highest BCUT2D eigenvalue weighted by Gasteiger charge is 2.22. The Labute approximate surface area is 224 Å². The molecule has 1 aromatic heterocycles. The van der Waals surface area contributed by atoms with Gasteiger partial charge in [-0.1, -0.05) is 25.1 Å². The number of amides is 4. The fourth-order valence-electron chi connectivity index (χ4n) is 3.51. The quantitative estimate of drug-likeness (QED) is 0.138. The van der Waals surface area contributed by atoms with Gasteiger partial charge in [-0.05, 0) is 37.1 Å². The van der Waals surface area contributed by atoms with Crippen molar-refractivity contribution in [3.8, 4) is 0 Å². The van der Waals surface area contributed by atoms with E-state index >= 15 is 0 Å². The summed E-state index contributed by atoms with van der Waals surface area (Å²) in [5.41, 5.74) is 0.988. The van der Waals surface area contributed by atoms with Gasteiger partial charge in [0.15, 0.2) is 0 Å². The number of likely N-dealkylation sites (N-methyl/N-ethyl adjacent to an activating group) is 1. The van der Waals surface area contributed by atoms with Crippen molar-refractivity contribution in [3.63, 3.8) is 0 Å². The topological polar surface area (TPSA) is 217 Å². The first kappa shape index (κ1) is 30.9. The van der Waals surface area contributed by atoms with E-state index < -0.39 is 36.3 Å². The smallest absolute Gasteiger partial charge is 0.325 e. The van der Waals surface area contributed by atoms with Crippen LogP contribution in [-0.2, 0) is 38.9 Å². The number of aliphatic hydroxyl groups excluding tert-OH is 1. The largest absolute Gasteiger partial charge is 0.480 e. The molecule has 0 saturated heterocycles. The van der Waals surface area contributed by atoms with Crippen molar-refractivity contribution < 1.29 is 34.2 Å². The Hall–Kier alpha value is -4.37. The van der Waals surface area contributed by atoms with E-state index in [-0.39, 0.29) is 49.3 Å². The summed E-state index contributed by atoms with van der Waals surface area (Å²) in [5, 5.41) is 38.9. The number of rotatable bonds is 15. The average molecular weight is 547 g/mol. The molecule has 15 nitrogen and oxygen atoms in total. The summed E-state index contributed by atoms with van der Waals surface area (Å²) in [7, 11) is 1.61. The van der Waals surface area contributed by atoms with Gasteiger partial charge in [0.2, 0.25) is 17.7 Å². The number of hydrogen-bond donors (Lipinski definition) is 7. The summed E-state index contributed by atoms with van der Waals surface area (Å²) in [5.74, 6) is -2.94. The van der Waals surface area contributed by atoms with E-state index in [2.05, 4.69) is 36.9 Å². The lowest BCUT2D eigenvalue weighted by molar-refractivity contribution is -0.138. The van der Waals surface area contributed by atoms with E-state index in [1.807, 2.05) is 13.8 Å². The molecule has 212 valence electrons. The number of aromatic nitrogens is 3. The van der Waals surface area contributed by atoms with Gasteiger partial charge < -0.3 is 36.8 Å². The van der Waals surface area contributed by atoms with Crippen LogP contribution in [0.4, 0.5) is 5.69 Å². The first-order valence-corrected chi connectivity index (χ1v) is 12.2. The molecule has 0 aliphatic heterocycles. The maximum Gasteiger partial charge on any atom is 0.325 e. The number of aliphatic carboxylic acids is 1. The summed E-state index contributed by atoms with van der Waals surface area (Å²) in [6.45, 7) is 2.64. The molecule has 2 aromatic rings. The van der Waals surface area contributed by atoms with Gasteiger partial charge in [0.1, 0.15) is 18.3 Å². The number of nitrogens with zero attached hydrogens (tertiary/aromatic N) is 3. The number of aliphatic hydroxyl groups is 1. The van der Waals surface area contributed by atoms with Crippen molar-refractivity contribution in [1.29, 1.82) is 0 Å². The van der Waals surface area contributed by atoms with Crippen LogP contribution in [0.15, 0.2) is 24.4 Å². The van der Waals surface area contributed by atoms with Crippen LogP contribution in [-0.4, -0.2) is 81.0 Å². The fourth-order valence-corrected chi connectivity index (χ4v) is 3.51. The van der Waals surface area contributed by atoms with Gasteiger partial charge in [0.25, 0.3) is 5.91 Å². The summed E-state index contributed by atoms with van der Waals surface area (Å²) >= 11 is 0. The van der Waals surface area contributed by atoms with E-state index in [4.69, 9.17) is 5.11 Å². The lowest BCUT2D eigenvalue weighted by Gasteiger charge is -2.20. The number of carbonyl (C=O) groups is 5. The molecule has 1 aromatic carbocycles. The molecule has 0 radical (unpaired) electrons. The van der Waals surface area contributed by atoms with Crippen LogP contribution in [0.5, 0.6) is 0 Å². The number of anilines is 1. The van der Waals surface area contributed by atoms with E-state index in [0.29, 0.717) is 17.7 Å². The Morgan fingerprint density at radius 2 is 1.79 bits per heavy atom. The molecule has 7 N–H and O–H groups in total. The number of carbonyl (C=O) groups excluding carboxylic acids is 4. The standard InChI is InChI=1S/C24H34N8O7/c1-14(2)6-19(29-20(34)9-25-3)24(39)27-10-21(35)28-16-5-4-15(13-33)18(7-16)23(38)26-8-17-11-32(31-30-17)12-22(36)37/h4-5,7,11,14,19,25,33H,6,8-10,12-13H2,1-3H3,(H,26,38)(H,27,39)(H,28,35)(H,29,34)(H,36,37). The Balaban J connectivity index is 1.98. The highest BCUT2D eigenvalue weighted by atomic mass is 16.4. The van der Waals surface area contributed by atoms with Crippen molar-refractivity contribution in [3.05, 3.63) is 41.2 Å². The van der Waals surface area contributed by atoms with Crippen molar-refractivity contribution in [2.45, 2.75) is 46.0 Å². The maximum atomic E-state index is 12.8. The van der Waals surface area contributed by atoms with Gasteiger partial charge >= 0.3 is 5.97 Å². The Kier molecular flexibility index (Phi) is 12.0. The predicted octanol–water partition coefficient (Wildman–Crippen LogP) is -1.41. The third-order valence-electron chi connectivity index (χ3n) is 5.24. The van der Waals surface area contributed by atoms with Gasteiger partial charge in [-0.25, -0.2) is 4.68 Å². The van der Waals surface area contributed by atoms with Crippen molar-refractivity contribution in [1.82, 2.24) is 36.3 Å². The van der Waals surface area contributed by atoms with Crippen molar-refractivity contribution in [2.24, 2.45) is 5.92 Å². The third-order valence-corrected chi connectivity index (χ3v) is 5.24. The average Bonchev–Trinajstić information content (AvgIpc) is 3.31. The highest BCUT2D eigenvalue weighted by molar-refractivity contribution is 5.99. The summed E-state index contributed by atoms with van der Waals surface area (Å²) in [6, 6.07) is 3.55. The van der Waals surface area contributed by atoms with Gasteiger partial charge in [-0.2, -0.15) is 0 Å². The lowest BCUT2D eigenvalue weighted by Crippen LogP contribution is -2.50. The van der Waals surface area contributed by atoms with Crippen LogP contribution >= 0.6 is 0 Å². The number of carboxylic acids is 1. The molecule has 0 saturated carbocycles. The maximum absolute atomic E-state index is 12.8. The van der Waals surface area contributed by atoms with Crippen LogP contribution < -0.4 is 26.6 Å². The SMILES string of the molecule is CNCC(=O)NC(CC(C)C)C(=O)NCC(=O)Nc1ccc(CO)c(C(=O)NCc2cn(CC(=O)O)nn2)c1. The summed E-state index contributed by atoms with van der Waals surface area (Å²) in [6.07, 6.45) is 1.77. The Morgan fingerprint density at radius 3 is 2.44 bits per heavy atom. The normalized spacial score (nSPS) is 11.5. The number of carboxylic acid groups (broad SMARTS) is 1. The van der Waals surface area contributed by atoms with E-state index in [0.717, 1.165) is 4.68 Å². The molecule has 1 heterocycles. The molecule has 0 spiro atoms. The minimum atomic E-state index is -1.09. The molecular weight excluding hydrogens is 512 g/mol. The van der Waals surface area contributed by atoms with Crippen LogP contribution in [0.2, 0.25) is 0 Å². The van der Waals surface area contributed by atoms with Crippen LogP contribution in [0.1, 0.15) is 41.9 Å². The minimum absolute atomic E-state index is 0.0473. The monoisotopic (exact) mass is 546 g/mol. The molecule has 39 heavy (non-hydrogen) atoms. The molecular formula is C24H34N8O7. The van der Waals surface area contributed by atoms with Crippen molar-refractivity contribution in [2.75, 3.05) is 25.5 Å². The van der Waals surface area contributed by atoms with Crippen molar-refractivity contribution >= 4 is 35.3 Å². The van der Waals surface area contributed by atoms with Gasteiger partial charge in [0, 0.05) is 11.3 Å². The van der Waals surface area contributed by atoms with E-state index in [1.165, 1.54) is 24.4 Å². The molecule has 0 aliphatic carbocycles. The zero-order chi connectivity index (χ0) is 28.9. The van der Waals surface area contributed by atoms with Gasteiger partial charge in [0.05, 0.1) is 32.4 Å². The third kappa shape index (κ3) is 10.5. The summed E-state index contributed by atoms with van der Waals surface area (Å²) < 4.78 is 1.11. The second-order valence-corrected chi connectivity index (χ2v) is 9.06. The highest BCUT2D eigenvalue weighted by Crippen LogP contribution is 2.17.